The van der Waals surface area contributed by atoms with Crippen molar-refractivity contribution >= 4 is 22.3 Å². The number of hydrogen-bond acceptors (Lipinski definition) is 4. The third-order valence-corrected chi connectivity index (χ3v) is 10.6. The SMILES string of the molecule is CC1=C2C(=CC3=C(CC1)C(=C(C#N)C#N)c1cc(-c4cc(C(F)(F)F)cc(C(F)(F)F)c4)ccc13)c1ccc(-c3cc(C(F)(F)F)cc(C(F)(F)F)c3)cc1C2=C(C#N)C#N. The quantitative estimate of drug-likeness (QED) is 0.148. The van der Waals surface area contributed by atoms with Crippen molar-refractivity contribution in [3.05, 3.63) is 151 Å². The predicted molar refractivity (Wildman–Crippen MR) is 197 cm³/mol. The smallest absolute Gasteiger partial charge is 0.192 e. The second kappa shape index (κ2) is 14.5. The van der Waals surface area contributed by atoms with E-state index in [4.69, 9.17) is 0 Å². The van der Waals surface area contributed by atoms with Crippen LogP contribution in [0.1, 0.15) is 64.3 Å². The molecule has 0 heterocycles. The maximum atomic E-state index is 13.8. The molecule has 0 amide bonds. The molecule has 4 aromatic rings. The summed E-state index contributed by atoms with van der Waals surface area (Å²) in [5, 5.41) is 40.3. The summed E-state index contributed by atoms with van der Waals surface area (Å²) in [5.41, 5.74) is -5.32. The molecule has 0 bridgehead atoms. The standard InChI is InChI=1S/C45H20F12N4/c1-21-2-5-34-35(32-6-3-22(12-36(32)40(34)26(17-58)18-59)24-8-28(42(46,47)48)14-29(9-24)43(49,50)51)16-38-33-7-4-23(13-37(33)41(39(21)38)27(19-60)20-61)25-10-30(44(52,53)54)15-31(11-25)45(55,56)57/h3-4,6-16H,2,5H2,1H3. The molecular weight excluding hydrogens is 824 g/mol. The molecule has 0 radical (unpaired) electrons. The van der Waals surface area contributed by atoms with Crippen molar-refractivity contribution in [3.63, 3.8) is 0 Å². The van der Waals surface area contributed by atoms with Gasteiger partial charge in [0.15, 0.2) is 0 Å². The van der Waals surface area contributed by atoms with Crippen molar-refractivity contribution in [1.82, 2.24) is 0 Å². The minimum absolute atomic E-state index is 0.0213. The van der Waals surface area contributed by atoms with E-state index in [2.05, 4.69) is 0 Å². The van der Waals surface area contributed by atoms with Crippen molar-refractivity contribution in [3.8, 4) is 46.5 Å². The first-order chi connectivity index (χ1) is 28.5. The number of allylic oxidation sites excluding steroid dienone is 10. The van der Waals surface area contributed by atoms with Crippen LogP contribution in [0.2, 0.25) is 0 Å². The van der Waals surface area contributed by atoms with Gasteiger partial charge in [0, 0.05) is 11.1 Å². The first kappa shape index (κ1) is 41.8. The first-order valence-electron chi connectivity index (χ1n) is 17.6. The average molecular weight is 845 g/mol. The zero-order valence-corrected chi connectivity index (χ0v) is 30.7. The summed E-state index contributed by atoms with van der Waals surface area (Å²) in [4.78, 5) is 0. The maximum absolute atomic E-state index is 13.8. The van der Waals surface area contributed by atoms with E-state index in [0.29, 0.717) is 63.3 Å². The van der Waals surface area contributed by atoms with Gasteiger partial charge in [0.05, 0.1) is 22.3 Å². The van der Waals surface area contributed by atoms with Crippen molar-refractivity contribution < 1.29 is 52.7 Å². The molecular formula is C45H20F12N4. The van der Waals surface area contributed by atoms with Gasteiger partial charge >= 0.3 is 24.7 Å². The monoisotopic (exact) mass is 844 g/mol. The molecule has 0 N–H and O–H groups in total. The van der Waals surface area contributed by atoms with Crippen LogP contribution in [-0.4, -0.2) is 0 Å². The van der Waals surface area contributed by atoms with Crippen LogP contribution >= 0.6 is 0 Å². The summed E-state index contributed by atoms with van der Waals surface area (Å²) in [5.74, 6) is 0. The molecule has 0 aliphatic heterocycles. The maximum Gasteiger partial charge on any atom is 0.416 e. The van der Waals surface area contributed by atoms with Gasteiger partial charge in [-0.2, -0.15) is 73.7 Å². The lowest BCUT2D eigenvalue weighted by Crippen LogP contribution is -2.11. The van der Waals surface area contributed by atoms with Crippen molar-refractivity contribution in [2.24, 2.45) is 0 Å². The third-order valence-electron chi connectivity index (χ3n) is 10.6. The van der Waals surface area contributed by atoms with Gasteiger partial charge in [0.25, 0.3) is 0 Å². The molecule has 0 aromatic heterocycles. The van der Waals surface area contributed by atoms with Gasteiger partial charge in [0.1, 0.15) is 35.4 Å². The Morgan fingerprint density at radius 3 is 1.26 bits per heavy atom. The molecule has 3 aliphatic carbocycles. The molecule has 0 fully saturated rings. The van der Waals surface area contributed by atoms with E-state index in [-0.39, 0.29) is 58.4 Å². The molecule has 0 saturated carbocycles. The van der Waals surface area contributed by atoms with E-state index in [1.165, 1.54) is 36.4 Å². The number of fused-ring (bicyclic) bond motifs is 5. The number of halogens is 12. The normalized spacial score (nSPS) is 15.0. The molecule has 0 spiro atoms. The molecule has 4 nitrogen and oxygen atoms in total. The average Bonchev–Trinajstić information content (AvgIpc) is 3.66. The zero-order chi connectivity index (χ0) is 44.6. The van der Waals surface area contributed by atoms with Gasteiger partial charge in [-0.05, 0) is 141 Å². The first-order valence-corrected chi connectivity index (χ1v) is 17.6. The van der Waals surface area contributed by atoms with Crippen LogP contribution in [0.25, 0.3) is 44.5 Å². The Hall–Kier alpha value is -7.30. The van der Waals surface area contributed by atoms with Gasteiger partial charge in [-0.25, -0.2) is 0 Å². The number of nitrogens with zero attached hydrogens (tertiary/aromatic N) is 4. The number of benzene rings is 4. The largest absolute Gasteiger partial charge is 0.416 e. The summed E-state index contributed by atoms with van der Waals surface area (Å²) < 4.78 is 166. The van der Waals surface area contributed by atoms with Crippen molar-refractivity contribution in [2.75, 3.05) is 0 Å². The van der Waals surface area contributed by atoms with Crippen LogP contribution in [0.4, 0.5) is 52.7 Å². The topological polar surface area (TPSA) is 95.2 Å². The highest BCUT2D eigenvalue weighted by Gasteiger charge is 2.40. The minimum atomic E-state index is -5.15. The number of hydrogen-bond donors (Lipinski definition) is 0. The molecule has 16 heteroatoms. The molecule has 4 aromatic carbocycles. The van der Waals surface area contributed by atoms with Crippen molar-refractivity contribution in [1.29, 1.82) is 21.0 Å². The number of alkyl halides is 12. The van der Waals surface area contributed by atoms with Gasteiger partial charge < -0.3 is 0 Å². The second-order valence-electron chi connectivity index (χ2n) is 14.2. The molecule has 0 saturated heterocycles. The third kappa shape index (κ3) is 7.36. The molecule has 61 heavy (non-hydrogen) atoms. The highest BCUT2D eigenvalue weighted by Crippen LogP contribution is 2.55. The Balaban J connectivity index is 1.48. The van der Waals surface area contributed by atoms with Crippen LogP contribution in [0.15, 0.2) is 107 Å². The fourth-order valence-corrected chi connectivity index (χ4v) is 7.86. The molecule has 3 aliphatic rings. The summed E-state index contributed by atoms with van der Waals surface area (Å²) in [6.45, 7) is 1.65. The second-order valence-corrected chi connectivity index (χ2v) is 14.2. The van der Waals surface area contributed by atoms with E-state index in [1.807, 2.05) is 24.3 Å². The van der Waals surface area contributed by atoms with Crippen LogP contribution in [0.3, 0.4) is 0 Å². The highest BCUT2D eigenvalue weighted by molar-refractivity contribution is 6.16. The highest BCUT2D eigenvalue weighted by atomic mass is 19.4. The van der Waals surface area contributed by atoms with E-state index in [9.17, 15) is 73.7 Å². The molecule has 0 atom stereocenters. The van der Waals surface area contributed by atoms with Crippen LogP contribution in [0.5, 0.6) is 0 Å². The van der Waals surface area contributed by atoms with Gasteiger partial charge in [-0.15, -0.1) is 0 Å². The van der Waals surface area contributed by atoms with Crippen LogP contribution < -0.4 is 0 Å². The van der Waals surface area contributed by atoms with E-state index < -0.39 is 69.2 Å². The minimum Gasteiger partial charge on any atom is -0.192 e. The fourth-order valence-electron chi connectivity index (χ4n) is 7.86. The lowest BCUT2D eigenvalue weighted by atomic mass is 9.86. The lowest BCUT2D eigenvalue weighted by Gasteiger charge is -2.17. The fraction of sp³-hybridized carbons (Fsp3) is 0.156. The summed E-state index contributed by atoms with van der Waals surface area (Å²) in [6.07, 6.45) is -18.8. The van der Waals surface area contributed by atoms with Gasteiger partial charge in [0.2, 0.25) is 0 Å². The zero-order valence-electron chi connectivity index (χ0n) is 30.7. The van der Waals surface area contributed by atoms with Gasteiger partial charge in [-0.1, -0.05) is 29.8 Å². The Morgan fingerprint density at radius 2 is 0.852 bits per heavy atom. The molecule has 7 rings (SSSR count). The Morgan fingerprint density at radius 1 is 0.459 bits per heavy atom. The van der Waals surface area contributed by atoms with E-state index in [0.717, 1.165) is 0 Å². The predicted octanol–water partition coefficient (Wildman–Crippen LogP) is 13.7. The summed E-state index contributed by atoms with van der Waals surface area (Å²) >= 11 is 0. The lowest BCUT2D eigenvalue weighted by molar-refractivity contribution is -0.144. The van der Waals surface area contributed by atoms with Crippen molar-refractivity contribution in [2.45, 2.75) is 44.5 Å². The van der Waals surface area contributed by atoms with Crippen LogP contribution in [0, 0.1) is 45.3 Å². The van der Waals surface area contributed by atoms with Crippen LogP contribution in [-0.2, 0) is 24.7 Å². The summed E-state index contributed by atoms with van der Waals surface area (Å²) in [6, 6.07) is 17.3. The van der Waals surface area contributed by atoms with Gasteiger partial charge in [-0.3, -0.25) is 0 Å². The van der Waals surface area contributed by atoms with E-state index in [1.54, 1.807) is 13.0 Å². The Kier molecular flexibility index (Phi) is 9.92. The summed E-state index contributed by atoms with van der Waals surface area (Å²) in [7, 11) is 0. The van der Waals surface area contributed by atoms with E-state index >= 15 is 0 Å². The molecule has 304 valence electrons. The molecule has 0 unspecified atom stereocenters. The number of nitriles is 4. The number of rotatable bonds is 2. The Bertz CT molecular complexity index is 2860. The Labute approximate surface area is 337 Å².